The lowest BCUT2D eigenvalue weighted by molar-refractivity contribution is -0.139. The predicted molar refractivity (Wildman–Crippen MR) is 146 cm³/mol. The number of fused-ring (bicyclic) bond motifs is 1. The van der Waals surface area contributed by atoms with Gasteiger partial charge in [0.2, 0.25) is 0 Å². The lowest BCUT2D eigenvalue weighted by atomic mass is 9.95. The molecule has 0 radical (unpaired) electrons. The van der Waals surface area contributed by atoms with Crippen LogP contribution in [0.4, 0.5) is 0 Å². The third-order valence-electron chi connectivity index (χ3n) is 5.69. The number of ether oxygens (including phenoxy) is 3. The quantitative estimate of drug-likeness (QED) is 0.324. The number of rotatable bonds is 8. The van der Waals surface area contributed by atoms with Gasteiger partial charge in [-0.3, -0.25) is 14.2 Å². The van der Waals surface area contributed by atoms with Crippen molar-refractivity contribution in [1.29, 1.82) is 0 Å². The van der Waals surface area contributed by atoms with Gasteiger partial charge in [-0.2, -0.15) is 0 Å². The minimum absolute atomic E-state index is 0.173. The maximum atomic E-state index is 13.7. The molecule has 0 amide bonds. The molecular weight excluding hydrogens is 504 g/mol. The Hall–Kier alpha value is -4.24. The highest BCUT2D eigenvalue weighted by molar-refractivity contribution is 7.07. The average Bonchev–Trinajstić information content (AvgIpc) is 3.19. The molecule has 0 saturated carbocycles. The SMILES string of the molecule is CCOC(=O)C1=C(C)N=c2s/c(=C\C=C\c3ccccc3)c(=O)n2C1c1ccc(OC(C)=O)c(OCC)c1. The number of nitrogens with zero attached hydrogens (tertiary/aromatic N) is 2. The molecule has 0 fully saturated rings. The molecule has 1 aromatic heterocycles. The third kappa shape index (κ3) is 5.68. The summed E-state index contributed by atoms with van der Waals surface area (Å²) >= 11 is 1.24. The molecule has 1 atom stereocenters. The van der Waals surface area contributed by atoms with Crippen LogP contribution in [0.3, 0.4) is 0 Å². The van der Waals surface area contributed by atoms with E-state index >= 15 is 0 Å². The fraction of sp³-hybridized carbons (Fsp3) is 0.241. The van der Waals surface area contributed by atoms with Gasteiger partial charge in [0.05, 0.1) is 35.1 Å². The highest BCUT2D eigenvalue weighted by Crippen LogP contribution is 2.36. The number of esters is 2. The van der Waals surface area contributed by atoms with Gasteiger partial charge in [0, 0.05) is 6.92 Å². The zero-order valence-electron chi connectivity index (χ0n) is 21.6. The van der Waals surface area contributed by atoms with Gasteiger partial charge in [-0.25, -0.2) is 9.79 Å². The van der Waals surface area contributed by atoms with Crippen LogP contribution in [-0.2, 0) is 14.3 Å². The number of carbonyl (C=O) groups excluding carboxylic acids is 2. The van der Waals surface area contributed by atoms with Crippen LogP contribution < -0.4 is 24.4 Å². The Morgan fingerprint density at radius 2 is 1.84 bits per heavy atom. The average molecular weight is 533 g/mol. The fourth-order valence-corrected chi connectivity index (χ4v) is 5.13. The maximum absolute atomic E-state index is 13.7. The van der Waals surface area contributed by atoms with Crippen LogP contribution in [0.5, 0.6) is 11.5 Å². The molecule has 0 N–H and O–H groups in total. The van der Waals surface area contributed by atoms with Crippen molar-refractivity contribution in [3.05, 3.63) is 96.7 Å². The van der Waals surface area contributed by atoms with E-state index in [0.717, 1.165) is 5.56 Å². The standard InChI is InChI=1S/C29H28N2O6S/c1-5-35-23-17-21(15-16-22(23)37-19(4)32)26-25(28(34)36-6-2)18(3)30-29-31(26)27(33)24(38-29)14-10-13-20-11-8-7-9-12-20/h7-17,26H,5-6H2,1-4H3/b13-10+,24-14-. The molecule has 0 spiro atoms. The third-order valence-corrected chi connectivity index (χ3v) is 6.69. The van der Waals surface area contributed by atoms with E-state index in [1.807, 2.05) is 49.4 Å². The largest absolute Gasteiger partial charge is 0.490 e. The molecular formula is C29H28N2O6S. The van der Waals surface area contributed by atoms with E-state index in [0.29, 0.717) is 33.0 Å². The van der Waals surface area contributed by atoms with E-state index in [-0.39, 0.29) is 23.5 Å². The second-order valence-corrected chi connectivity index (χ2v) is 9.34. The summed E-state index contributed by atoms with van der Waals surface area (Å²) in [6.07, 6.45) is 5.47. The fourth-order valence-electron chi connectivity index (χ4n) is 4.13. The van der Waals surface area contributed by atoms with Crippen molar-refractivity contribution in [1.82, 2.24) is 4.57 Å². The minimum atomic E-state index is -0.809. The number of benzene rings is 2. The zero-order chi connectivity index (χ0) is 27.2. The molecule has 0 bridgehead atoms. The summed E-state index contributed by atoms with van der Waals surface area (Å²) in [5, 5.41) is 0. The zero-order valence-corrected chi connectivity index (χ0v) is 22.4. The van der Waals surface area contributed by atoms with Crippen LogP contribution in [0.2, 0.25) is 0 Å². The van der Waals surface area contributed by atoms with Crippen LogP contribution in [0.1, 0.15) is 44.9 Å². The summed E-state index contributed by atoms with van der Waals surface area (Å²) in [7, 11) is 0. The van der Waals surface area contributed by atoms with Crippen LogP contribution in [0.15, 0.2) is 75.7 Å². The smallest absolute Gasteiger partial charge is 0.338 e. The summed E-state index contributed by atoms with van der Waals surface area (Å²) < 4.78 is 18.3. The first-order valence-corrected chi connectivity index (χ1v) is 13.0. The molecule has 1 unspecified atom stereocenters. The van der Waals surface area contributed by atoms with E-state index in [4.69, 9.17) is 14.2 Å². The second-order valence-electron chi connectivity index (χ2n) is 8.33. The van der Waals surface area contributed by atoms with E-state index in [9.17, 15) is 14.4 Å². The topological polar surface area (TPSA) is 96.2 Å². The number of hydrogen-bond donors (Lipinski definition) is 0. The Balaban J connectivity index is 1.88. The van der Waals surface area contributed by atoms with Gasteiger partial charge < -0.3 is 14.2 Å². The molecule has 2 heterocycles. The van der Waals surface area contributed by atoms with Crippen LogP contribution in [-0.4, -0.2) is 29.7 Å². The number of allylic oxidation sites excluding steroid dienone is 2. The first kappa shape index (κ1) is 26.8. The molecule has 9 heteroatoms. The van der Waals surface area contributed by atoms with Gasteiger partial charge in [0.1, 0.15) is 0 Å². The normalized spacial score (nSPS) is 15.3. The van der Waals surface area contributed by atoms with Gasteiger partial charge in [-0.15, -0.1) is 0 Å². The summed E-state index contributed by atoms with van der Waals surface area (Å²) in [6.45, 7) is 7.06. The molecule has 3 aromatic rings. The van der Waals surface area contributed by atoms with Crippen molar-refractivity contribution in [2.75, 3.05) is 13.2 Å². The van der Waals surface area contributed by atoms with Gasteiger partial charge in [-0.05, 0) is 50.1 Å². The maximum Gasteiger partial charge on any atom is 0.338 e. The monoisotopic (exact) mass is 532 g/mol. The Morgan fingerprint density at radius 3 is 2.53 bits per heavy atom. The summed E-state index contributed by atoms with van der Waals surface area (Å²) in [4.78, 5) is 43.4. The lowest BCUT2D eigenvalue weighted by Crippen LogP contribution is -2.39. The molecule has 38 heavy (non-hydrogen) atoms. The van der Waals surface area contributed by atoms with Crippen LogP contribution in [0.25, 0.3) is 12.2 Å². The highest BCUT2D eigenvalue weighted by atomic mass is 32.1. The number of carbonyl (C=O) groups is 2. The predicted octanol–water partition coefficient (Wildman–Crippen LogP) is 3.79. The van der Waals surface area contributed by atoms with Crippen molar-refractivity contribution in [2.45, 2.75) is 33.7 Å². The molecule has 0 saturated heterocycles. The van der Waals surface area contributed by atoms with Gasteiger partial charge >= 0.3 is 11.9 Å². The van der Waals surface area contributed by atoms with Gasteiger partial charge in [0.25, 0.3) is 5.56 Å². The molecule has 196 valence electrons. The van der Waals surface area contributed by atoms with E-state index in [1.54, 1.807) is 38.1 Å². The molecule has 0 aliphatic carbocycles. The van der Waals surface area contributed by atoms with Gasteiger partial charge in [0.15, 0.2) is 16.3 Å². The Kier molecular flexibility index (Phi) is 8.38. The van der Waals surface area contributed by atoms with Crippen molar-refractivity contribution in [3.63, 3.8) is 0 Å². The molecule has 2 aromatic carbocycles. The number of thiazole rings is 1. The number of hydrogen-bond acceptors (Lipinski definition) is 8. The molecule has 4 rings (SSSR count). The van der Waals surface area contributed by atoms with Crippen molar-refractivity contribution >= 4 is 35.4 Å². The Bertz CT molecular complexity index is 1600. The van der Waals surface area contributed by atoms with Gasteiger partial charge in [-0.1, -0.05) is 59.9 Å². The highest BCUT2D eigenvalue weighted by Gasteiger charge is 2.34. The molecule has 1 aliphatic rings. The lowest BCUT2D eigenvalue weighted by Gasteiger charge is -2.25. The second kappa shape index (κ2) is 11.9. The van der Waals surface area contributed by atoms with Crippen LogP contribution in [0, 0.1) is 0 Å². The first-order valence-electron chi connectivity index (χ1n) is 12.2. The van der Waals surface area contributed by atoms with Crippen molar-refractivity contribution < 1.29 is 23.8 Å². The Morgan fingerprint density at radius 1 is 1.08 bits per heavy atom. The van der Waals surface area contributed by atoms with Crippen molar-refractivity contribution in [3.8, 4) is 11.5 Å². The first-order chi connectivity index (χ1) is 18.3. The van der Waals surface area contributed by atoms with E-state index < -0.39 is 18.0 Å². The number of aromatic nitrogens is 1. The summed E-state index contributed by atoms with van der Waals surface area (Å²) in [5.41, 5.74) is 2.03. The molecule has 1 aliphatic heterocycles. The molecule has 8 nitrogen and oxygen atoms in total. The summed E-state index contributed by atoms with van der Waals surface area (Å²) in [5.74, 6) is -0.469. The van der Waals surface area contributed by atoms with E-state index in [1.165, 1.54) is 22.8 Å². The van der Waals surface area contributed by atoms with Crippen LogP contribution >= 0.6 is 11.3 Å². The van der Waals surface area contributed by atoms with E-state index in [2.05, 4.69) is 4.99 Å². The summed E-state index contributed by atoms with van der Waals surface area (Å²) in [6, 6.07) is 13.9. The minimum Gasteiger partial charge on any atom is -0.490 e. The van der Waals surface area contributed by atoms with Crippen molar-refractivity contribution in [2.24, 2.45) is 4.99 Å². The Labute approximate surface area is 223 Å².